The number of benzene rings is 2. The fourth-order valence-electron chi connectivity index (χ4n) is 2.48. The summed E-state index contributed by atoms with van der Waals surface area (Å²) < 4.78 is 5.84. The lowest BCUT2D eigenvalue weighted by Gasteiger charge is -2.12. The van der Waals surface area contributed by atoms with E-state index in [1.165, 1.54) is 5.56 Å². The normalized spacial score (nSPS) is 10.2. The molecule has 0 saturated heterocycles. The van der Waals surface area contributed by atoms with E-state index in [0.717, 1.165) is 12.0 Å². The zero-order valence-electron chi connectivity index (χ0n) is 13.9. The predicted octanol–water partition coefficient (Wildman–Crippen LogP) is 3.63. The number of amides is 1. The monoisotopic (exact) mass is 332 g/mol. The first kappa shape index (κ1) is 16.7. The van der Waals surface area contributed by atoms with Gasteiger partial charge in [0.25, 0.3) is 5.91 Å². The molecule has 4 heteroatoms. The number of carbonyl (C=O) groups excluding carboxylic acids is 1. The molecule has 0 fully saturated rings. The summed E-state index contributed by atoms with van der Waals surface area (Å²) >= 11 is 0. The molecule has 1 aromatic heterocycles. The quantitative estimate of drug-likeness (QED) is 0.719. The molecule has 25 heavy (non-hydrogen) atoms. The maximum Gasteiger partial charge on any atom is 0.255 e. The number of nitrogens with zero attached hydrogens (tertiary/aromatic N) is 1. The largest absolute Gasteiger partial charge is 0.492 e. The van der Waals surface area contributed by atoms with Gasteiger partial charge >= 0.3 is 0 Å². The Bertz CT molecular complexity index is 804. The lowest BCUT2D eigenvalue weighted by Crippen LogP contribution is -2.23. The van der Waals surface area contributed by atoms with Crippen LogP contribution in [0.3, 0.4) is 0 Å². The van der Waals surface area contributed by atoms with Gasteiger partial charge in [-0.15, -0.1) is 0 Å². The Labute approximate surface area is 147 Å². The van der Waals surface area contributed by atoms with Crippen molar-refractivity contribution in [1.29, 1.82) is 0 Å². The summed E-state index contributed by atoms with van der Waals surface area (Å²) in [5.41, 5.74) is 2.71. The Morgan fingerprint density at radius 1 is 0.920 bits per heavy atom. The third-order valence-corrected chi connectivity index (χ3v) is 3.80. The van der Waals surface area contributed by atoms with Crippen LogP contribution in [-0.2, 0) is 13.0 Å². The molecule has 2 aromatic carbocycles. The van der Waals surface area contributed by atoms with E-state index >= 15 is 0 Å². The number of aromatic nitrogens is 1. The highest BCUT2D eigenvalue weighted by Gasteiger charge is 2.11. The van der Waals surface area contributed by atoms with Crippen molar-refractivity contribution in [2.45, 2.75) is 13.0 Å². The first-order chi connectivity index (χ1) is 12.3. The van der Waals surface area contributed by atoms with Gasteiger partial charge in [0.1, 0.15) is 5.75 Å². The molecule has 0 radical (unpaired) electrons. The van der Waals surface area contributed by atoms with Crippen LogP contribution in [0, 0.1) is 0 Å². The van der Waals surface area contributed by atoms with E-state index in [1.54, 1.807) is 18.5 Å². The van der Waals surface area contributed by atoms with Gasteiger partial charge in [0, 0.05) is 25.4 Å². The van der Waals surface area contributed by atoms with Crippen LogP contribution in [0.15, 0.2) is 79.1 Å². The molecule has 1 amide bonds. The summed E-state index contributed by atoms with van der Waals surface area (Å²) in [4.78, 5) is 16.5. The van der Waals surface area contributed by atoms with Gasteiger partial charge in [0.15, 0.2) is 0 Å². The molecule has 0 saturated carbocycles. The van der Waals surface area contributed by atoms with Crippen molar-refractivity contribution < 1.29 is 9.53 Å². The molecule has 0 spiro atoms. The van der Waals surface area contributed by atoms with E-state index in [-0.39, 0.29) is 5.91 Å². The van der Waals surface area contributed by atoms with Crippen molar-refractivity contribution in [3.63, 3.8) is 0 Å². The highest BCUT2D eigenvalue weighted by atomic mass is 16.5. The molecule has 0 aliphatic rings. The van der Waals surface area contributed by atoms with E-state index in [4.69, 9.17) is 4.74 Å². The van der Waals surface area contributed by atoms with Crippen molar-refractivity contribution in [1.82, 2.24) is 10.3 Å². The molecule has 3 aromatic rings. The Kier molecular flexibility index (Phi) is 5.77. The molecule has 1 N–H and O–H groups in total. The second-order valence-corrected chi connectivity index (χ2v) is 5.62. The zero-order chi connectivity index (χ0) is 17.3. The van der Waals surface area contributed by atoms with Crippen molar-refractivity contribution in [2.24, 2.45) is 0 Å². The van der Waals surface area contributed by atoms with Crippen molar-refractivity contribution in [3.05, 3.63) is 95.8 Å². The predicted molar refractivity (Wildman–Crippen MR) is 97.5 cm³/mol. The van der Waals surface area contributed by atoms with Crippen LogP contribution < -0.4 is 10.1 Å². The molecule has 3 rings (SSSR count). The summed E-state index contributed by atoms with van der Waals surface area (Å²) in [6.07, 6.45) is 4.25. The highest BCUT2D eigenvalue weighted by Crippen LogP contribution is 2.18. The van der Waals surface area contributed by atoms with Gasteiger partial charge in [0.05, 0.1) is 12.2 Å². The van der Waals surface area contributed by atoms with E-state index in [1.807, 2.05) is 48.5 Å². The number of pyridine rings is 1. The molecule has 0 bridgehead atoms. The number of carbonyl (C=O) groups is 1. The van der Waals surface area contributed by atoms with E-state index < -0.39 is 0 Å². The summed E-state index contributed by atoms with van der Waals surface area (Å²) in [6.45, 7) is 0.960. The highest BCUT2D eigenvalue weighted by molar-refractivity contribution is 5.96. The van der Waals surface area contributed by atoms with Gasteiger partial charge in [-0.25, -0.2) is 0 Å². The molecule has 0 aliphatic carbocycles. The molecule has 0 aliphatic heterocycles. The standard InChI is InChI=1S/C21H20N2O2/c24-21(23-16-18-9-6-13-22-15-18)19-10-4-5-11-20(19)25-14-12-17-7-2-1-3-8-17/h1-11,13,15H,12,14,16H2,(H,23,24). The van der Waals surface area contributed by atoms with E-state index in [0.29, 0.717) is 24.5 Å². The molecule has 0 atom stereocenters. The molecule has 0 unspecified atom stereocenters. The number of rotatable bonds is 7. The Morgan fingerprint density at radius 3 is 2.48 bits per heavy atom. The van der Waals surface area contributed by atoms with Crippen molar-refractivity contribution in [3.8, 4) is 5.75 Å². The second-order valence-electron chi connectivity index (χ2n) is 5.62. The van der Waals surface area contributed by atoms with Crippen LogP contribution in [-0.4, -0.2) is 17.5 Å². The number of para-hydroxylation sites is 1. The Hall–Kier alpha value is -3.14. The minimum Gasteiger partial charge on any atom is -0.492 e. The third kappa shape index (κ3) is 4.91. The van der Waals surface area contributed by atoms with Crippen LogP contribution in [0.1, 0.15) is 21.5 Å². The number of ether oxygens (including phenoxy) is 1. The SMILES string of the molecule is O=C(NCc1cccnc1)c1ccccc1OCCc1ccccc1. The fourth-order valence-corrected chi connectivity index (χ4v) is 2.48. The summed E-state index contributed by atoms with van der Waals surface area (Å²) in [5.74, 6) is 0.446. The summed E-state index contributed by atoms with van der Waals surface area (Å²) in [7, 11) is 0. The average molecular weight is 332 g/mol. The maximum absolute atomic E-state index is 12.5. The van der Waals surface area contributed by atoms with Gasteiger partial charge in [-0.3, -0.25) is 9.78 Å². The van der Waals surface area contributed by atoms with Gasteiger partial charge in [-0.1, -0.05) is 48.5 Å². The Morgan fingerprint density at radius 2 is 1.68 bits per heavy atom. The average Bonchev–Trinajstić information content (AvgIpc) is 2.68. The van der Waals surface area contributed by atoms with Crippen LogP contribution in [0.5, 0.6) is 5.75 Å². The second kappa shape index (κ2) is 8.64. The zero-order valence-corrected chi connectivity index (χ0v) is 13.9. The Balaban J connectivity index is 1.59. The van der Waals surface area contributed by atoms with Crippen molar-refractivity contribution >= 4 is 5.91 Å². The topological polar surface area (TPSA) is 51.2 Å². The minimum atomic E-state index is -0.154. The number of hydrogen-bond acceptors (Lipinski definition) is 3. The van der Waals surface area contributed by atoms with E-state index in [9.17, 15) is 4.79 Å². The summed E-state index contributed by atoms with van der Waals surface area (Å²) in [5, 5.41) is 2.90. The lowest BCUT2D eigenvalue weighted by atomic mass is 10.1. The third-order valence-electron chi connectivity index (χ3n) is 3.80. The van der Waals surface area contributed by atoms with Crippen LogP contribution in [0.4, 0.5) is 0 Å². The van der Waals surface area contributed by atoms with Gasteiger partial charge < -0.3 is 10.1 Å². The van der Waals surface area contributed by atoms with Crippen molar-refractivity contribution in [2.75, 3.05) is 6.61 Å². The van der Waals surface area contributed by atoms with Gasteiger partial charge in [-0.05, 0) is 29.3 Å². The number of nitrogens with one attached hydrogen (secondary N) is 1. The smallest absolute Gasteiger partial charge is 0.255 e. The lowest BCUT2D eigenvalue weighted by molar-refractivity contribution is 0.0947. The first-order valence-corrected chi connectivity index (χ1v) is 8.26. The molecule has 126 valence electrons. The van der Waals surface area contributed by atoms with Crippen LogP contribution in [0.25, 0.3) is 0 Å². The van der Waals surface area contributed by atoms with E-state index in [2.05, 4.69) is 22.4 Å². The van der Waals surface area contributed by atoms with Gasteiger partial charge in [-0.2, -0.15) is 0 Å². The summed E-state index contributed by atoms with van der Waals surface area (Å²) in [6, 6.07) is 21.2. The van der Waals surface area contributed by atoms with Crippen LogP contribution >= 0.6 is 0 Å². The minimum absolute atomic E-state index is 0.154. The first-order valence-electron chi connectivity index (χ1n) is 8.26. The number of hydrogen-bond donors (Lipinski definition) is 1. The molecule has 4 nitrogen and oxygen atoms in total. The fraction of sp³-hybridized carbons (Fsp3) is 0.143. The molecule has 1 heterocycles. The maximum atomic E-state index is 12.5. The molecular weight excluding hydrogens is 312 g/mol. The van der Waals surface area contributed by atoms with Crippen LogP contribution in [0.2, 0.25) is 0 Å². The molecular formula is C21H20N2O2. The van der Waals surface area contributed by atoms with Gasteiger partial charge in [0.2, 0.25) is 0 Å².